The van der Waals surface area contributed by atoms with Gasteiger partial charge in [0.15, 0.2) is 0 Å². The zero-order valence-corrected chi connectivity index (χ0v) is 17.9. The molecule has 1 aliphatic heterocycles. The Morgan fingerprint density at radius 3 is 2.36 bits per heavy atom. The highest BCUT2D eigenvalue weighted by Gasteiger charge is 2.49. The molecule has 0 aliphatic carbocycles. The topological polar surface area (TPSA) is 89.6 Å². The third kappa shape index (κ3) is 7.25. The number of hydrogen-bond acceptors (Lipinski definition) is 7. The number of carbonyl (C=O) groups excluding carboxylic acids is 2. The van der Waals surface area contributed by atoms with Crippen LogP contribution in [0.5, 0.6) is 0 Å². The van der Waals surface area contributed by atoms with E-state index in [9.17, 15) is 9.59 Å². The monoisotopic (exact) mass is 419 g/mol. The predicted molar refractivity (Wildman–Crippen MR) is 105 cm³/mol. The number of halogens is 1. The van der Waals surface area contributed by atoms with Crippen LogP contribution in [0.2, 0.25) is 0 Å². The van der Waals surface area contributed by atoms with Crippen LogP contribution in [0.1, 0.15) is 19.4 Å². The minimum atomic E-state index is -0.928. The lowest BCUT2D eigenvalue weighted by Crippen LogP contribution is -2.53. The first-order chi connectivity index (χ1) is 12.8. The number of nitrogens with zero attached hydrogens (tertiary/aromatic N) is 2. The Bertz CT molecular complexity index is 600. The predicted octanol–water partition coefficient (Wildman–Crippen LogP) is 1.97. The average Bonchev–Trinajstić information content (AvgIpc) is 3.00. The summed E-state index contributed by atoms with van der Waals surface area (Å²) in [6.07, 6.45) is -0.598. The van der Waals surface area contributed by atoms with E-state index < -0.39 is 17.9 Å². The largest absolute Gasteiger partial charge is 0.444 e. The highest BCUT2D eigenvalue weighted by atomic mass is 35.5. The van der Waals surface area contributed by atoms with Crippen LogP contribution in [0, 0.1) is 0 Å². The number of nitrogens with one attached hydrogen (secondary N) is 1. The second-order valence-corrected chi connectivity index (χ2v) is 6.11. The molecule has 2 rings (SSSR count). The molecule has 28 heavy (non-hydrogen) atoms. The maximum atomic E-state index is 12.5. The van der Waals surface area contributed by atoms with Gasteiger partial charge >= 0.3 is 6.09 Å². The van der Waals surface area contributed by atoms with E-state index in [1.54, 1.807) is 28.0 Å². The quantitative estimate of drug-likeness (QED) is 0.729. The van der Waals surface area contributed by atoms with Crippen LogP contribution in [0.3, 0.4) is 0 Å². The summed E-state index contributed by atoms with van der Waals surface area (Å²) in [5, 5.41) is 1.08. The lowest BCUT2D eigenvalue weighted by atomic mass is 10.2. The van der Waals surface area contributed by atoms with Crippen LogP contribution < -0.4 is 5.48 Å². The highest BCUT2D eigenvalue weighted by Crippen LogP contribution is 2.29. The Labute approximate surface area is 172 Å². The SMILES string of the molecule is CNOC.CON(C)C(=O)[C@H]1COC(C)(C)N1C(=O)OCc1ccccc1.Cl. The van der Waals surface area contributed by atoms with Crippen molar-refractivity contribution in [3.05, 3.63) is 35.9 Å². The van der Waals surface area contributed by atoms with Gasteiger partial charge in [-0.2, -0.15) is 0 Å². The number of ether oxygens (including phenoxy) is 2. The summed E-state index contributed by atoms with van der Waals surface area (Å²) in [6.45, 7) is 3.67. The van der Waals surface area contributed by atoms with E-state index in [-0.39, 0.29) is 31.5 Å². The van der Waals surface area contributed by atoms with Crippen molar-refractivity contribution in [1.82, 2.24) is 15.4 Å². The molecule has 10 heteroatoms. The van der Waals surface area contributed by atoms with Crippen molar-refractivity contribution in [3.63, 3.8) is 0 Å². The number of hydrogen-bond donors (Lipinski definition) is 1. The first-order valence-electron chi connectivity index (χ1n) is 8.43. The fourth-order valence-corrected chi connectivity index (χ4v) is 2.42. The fraction of sp³-hybridized carbons (Fsp3) is 0.556. The van der Waals surface area contributed by atoms with E-state index in [1.807, 2.05) is 30.3 Å². The fourth-order valence-electron chi connectivity index (χ4n) is 2.42. The molecule has 0 saturated carbocycles. The Balaban J connectivity index is 0.00000133. The van der Waals surface area contributed by atoms with E-state index in [0.29, 0.717) is 0 Å². The molecule has 1 atom stereocenters. The molecule has 0 unspecified atom stereocenters. The third-order valence-electron chi connectivity index (χ3n) is 3.96. The number of carbonyl (C=O) groups is 2. The van der Waals surface area contributed by atoms with E-state index >= 15 is 0 Å². The molecule has 0 aromatic heterocycles. The van der Waals surface area contributed by atoms with Crippen molar-refractivity contribution >= 4 is 24.4 Å². The van der Waals surface area contributed by atoms with Crippen molar-refractivity contribution in [2.24, 2.45) is 0 Å². The van der Waals surface area contributed by atoms with Crippen LogP contribution in [-0.2, 0) is 30.6 Å². The van der Waals surface area contributed by atoms with Gasteiger partial charge in [0, 0.05) is 14.1 Å². The standard InChI is InChI=1S/C16H22N2O5.C2H7NO.ClH/c1-16(2)18(13(11-23-16)14(19)17(3)21-4)15(20)22-10-12-8-6-5-7-9-12;1-3-4-2;/h5-9,13H,10-11H2,1-4H3;3H,1-2H3;1H/t13-;;/m1../s1. The van der Waals surface area contributed by atoms with Crippen LogP contribution in [0.25, 0.3) is 0 Å². The molecule has 0 spiro atoms. The van der Waals surface area contributed by atoms with Gasteiger partial charge in [-0.25, -0.2) is 15.3 Å². The van der Waals surface area contributed by atoms with Crippen molar-refractivity contribution in [1.29, 1.82) is 0 Å². The summed E-state index contributed by atoms with van der Waals surface area (Å²) in [5.74, 6) is -0.366. The molecular weight excluding hydrogens is 390 g/mol. The maximum Gasteiger partial charge on any atom is 0.413 e. The summed E-state index contributed by atoms with van der Waals surface area (Å²) in [7, 11) is 6.15. The van der Waals surface area contributed by atoms with Crippen LogP contribution in [-0.4, -0.2) is 68.7 Å². The molecule has 1 fully saturated rings. The molecule has 160 valence electrons. The Hall–Kier alpha value is -1.91. The molecule has 0 radical (unpaired) electrons. The molecule has 1 saturated heterocycles. The normalized spacial score (nSPS) is 17.1. The summed E-state index contributed by atoms with van der Waals surface area (Å²) in [6, 6.07) is 8.56. The zero-order valence-electron chi connectivity index (χ0n) is 17.1. The third-order valence-corrected chi connectivity index (χ3v) is 3.96. The smallest absolute Gasteiger partial charge is 0.413 e. The number of hydroxylamine groups is 3. The minimum absolute atomic E-state index is 0. The molecule has 0 bridgehead atoms. The number of benzene rings is 1. The van der Waals surface area contributed by atoms with Crippen LogP contribution in [0.15, 0.2) is 30.3 Å². The van der Waals surface area contributed by atoms with Crippen LogP contribution >= 0.6 is 12.4 Å². The van der Waals surface area contributed by atoms with Crippen molar-refractivity contribution < 1.29 is 28.7 Å². The van der Waals surface area contributed by atoms with Gasteiger partial charge in [-0.15, -0.1) is 12.4 Å². The highest BCUT2D eigenvalue weighted by molar-refractivity contribution is 5.86. The van der Waals surface area contributed by atoms with Crippen molar-refractivity contribution in [2.75, 3.05) is 34.9 Å². The Morgan fingerprint density at radius 1 is 1.29 bits per heavy atom. The van der Waals surface area contributed by atoms with Gasteiger partial charge in [-0.3, -0.25) is 14.5 Å². The van der Waals surface area contributed by atoms with Gasteiger partial charge in [0.05, 0.1) is 20.8 Å². The summed E-state index contributed by atoms with van der Waals surface area (Å²) in [4.78, 5) is 35.3. The van der Waals surface area contributed by atoms with Gasteiger partial charge in [-0.05, 0) is 19.4 Å². The van der Waals surface area contributed by atoms with E-state index in [2.05, 4.69) is 10.3 Å². The van der Waals surface area contributed by atoms with Gasteiger partial charge in [-0.1, -0.05) is 30.3 Å². The molecule has 9 nitrogen and oxygen atoms in total. The second-order valence-electron chi connectivity index (χ2n) is 6.11. The van der Waals surface area contributed by atoms with Gasteiger partial charge in [0.1, 0.15) is 18.4 Å². The lowest BCUT2D eigenvalue weighted by Gasteiger charge is -2.32. The van der Waals surface area contributed by atoms with Gasteiger partial charge in [0.25, 0.3) is 5.91 Å². The summed E-state index contributed by atoms with van der Waals surface area (Å²) < 4.78 is 10.9. The van der Waals surface area contributed by atoms with Crippen molar-refractivity contribution in [3.8, 4) is 0 Å². The maximum absolute atomic E-state index is 12.5. The molecular formula is C18H30ClN3O6. The Morgan fingerprint density at radius 2 is 1.86 bits per heavy atom. The van der Waals surface area contributed by atoms with Gasteiger partial charge < -0.3 is 14.3 Å². The first-order valence-corrected chi connectivity index (χ1v) is 8.43. The first kappa shape index (κ1) is 26.1. The molecule has 1 heterocycles. The average molecular weight is 420 g/mol. The van der Waals surface area contributed by atoms with Crippen molar-refractivity contribution in [2.45, 2.75) is 32.2 Å². The number of likely N-dealkylation sites (N-methyl/N-ethyl adjacent to an activating group) is 1. The lowest BCUT2D eigenvalue weighted by molar-refractivity contribution is -0.173. The molecule has 1 aromatic rings. The minimum Gasteiger partial charge on any atom is -0.444 e. The summed E-state index contributed by atoms with van der Waals surface area (Å²) in [5.41, 5.74) is 2.37. The number of amides is 2. The van der Waals surface area contributed by atoms with E-state index in [1.165, 1.54) is 19.1 Å². The molecule has 1 aliphatic rings. The molecule has 1 N–H and O–H groups in total. The van der Waals surface area contributed by atoms with Crippen LogP contribution in [0.4, 0.5) is 4.79 Å². The molecule has 2 amide bonds. The van der Waals surface area contributed by atoms with Gasteiger partial charge in [0.2, 0.25) is 0 Å². The van der Waals surface area contributed by atoms with E-state index in [0.717, 1.165) is 10.6 Å². The van der Waals surface area contributed by atoms with E-state index in [4.69, 9.17) is 14.3 Å². The second kappa shape index (κ2) is 12.5. The zero-order chi connectivity index (χ0) is 20.4. The summed E-state index contributed by atoms with van der Waals surface area (Å²) >= 11 is 0. The number of rotatable bonds is 5. The Kier molecular flexibility index (Phi) is 11.7. The molecule has 1 aromatic carbocycles.